The Labute approximate surface area is 192 Å². The lowest BCUT2D eigenvalue weighted by atomic mass is 10.2. The number of amides is 1. The summed E-state index contributed by atoms with van der Waals surface area (Å²) in [5.41, 5.74) is 3.74. The second-order valence-corrected chi connectivity index (χ2v) is 9.42. The average molecular weight is 459 g/mol. The molecule has 0 bridgehead atoms. The molecule has 1 amide bonds. The standard InChI is InChI=1S/C25H22N4O3S/c1-18-15-19(2)29(28-18)22-6-3-7-24(16-22)33(31,32)23-11-9-21(10-12-23)27-25(30)13-8-20-5-4-14-26-17-20/h3-17H,1-2H3,(H,27,30). The first-order valence-electron chi connectivity index (χ1n) is 10.2. The third kappa shape index (κ3) is 5.07. The van der Waals surface area contributed by atoms with Crippen LogP contribution in [0.25, 0.3) is 11.8 Å². The van der Waals surface area contributed by atoms with Gasteiger partial charge in [0.1, 0.15) is 0 Å². The van der Waals surface area contributed by atoms with E-state index in [1.54, 1.807) is 59.5 Å². The average Bonchev–Trinajstić information content (AvgIpc) is 3.16. The van der Waals surface area contributed by atoms with Crippen molar-refractivity contribution in [2.45, 2.75) is 23.6 Å². The molecule has 0 spiro atoms. The van der Waals surface area contributed by atoms with Gasteiger partial charge in [0.15, 0.2) is 0 Å². The van der Waals surface area contributed by atoms with Crippen LogP contribution in [0.2, 0.25) is 0 Å². The van der Waals surface area contributed by atoms with Crippen molar-refractivity contribution in [3.05, 3.63) is 102 Å². The Balaban J connectivity index is 1.51. The number of pyridine rings is 1. The van der Waals surface area contributed by atoms with Crippen molar-refractivity contribution in [2.24, 2.45) is 0 Å². The quantitative estimate of drug-likeness (QED) is 0.433. The molecule has 8 heteroatoms. The van der Waals surface area contributed by atoms with Gasteiger partial charge in [-0.25, -0.2) is 13.1 Å². The highest BCUT2D eigenvalue weighted by molar-refractivity contribution is 7.91. The molecule has 4 aromatic rings. The zero-order valence-corrected chi connectivity index (χ0v) is 19.0. The van der Waals surface area contributed by atoms with E-state index in [4.69, 9.17) is 0 Å². The predicted molar refractivity (Wildman–Crippen MR) is 127 cm³/mol. The monoisotopic (exact) mass is 458 g/mol. The SMILES string of the molecule is Cc1cc(C)n(-c2cccc(S(=O)(=O)c3ccc(NC(=O)C=Cc4cccnc4)cc3)c2)n1. The van der Waals surface area contributed by atoms with Crippen LogP contribution in [0.1, 0.15) is 17.0 Å². The van der Waals surface area contributed by atoms with Crippen molar-refractivity contribution in [2.75, 3.05) is 5.32 Å². The van der Waals surface area contributed by atoms with Gasteiger partial charge in [0, 0.05) is 29.9 Å². The normalized spacial score (nSPS) is 11.6. The number of nitrogens with one attached hydrogen (secondary N) is 1. The molecule has 1 N–H and O–H groups in total. The van der Waals surface area contributed by atoms with E-state index in [-0.39, 0.29) is 15.7 Å². The number of carbonyl (C=O) groups is 1. The molecule has 0 aliphatic heterocycles. The van der Waals surface area contributed by atoms with Gasteiger partial charge in [-0.15, -0.1) is 0 Å². The summed E-state index contributed by atoms with van der Waals surface area (Å²) in [5, 5.41) is 7.14. The third-order valence-electron chi connectivity index (χ3n) is 4.93. The van der Waals surface area contributed by atoms with Crippen LogP contribution >= 0.6 is 0 Å². The van der Waals surface area contributed by atoms with Crippen LogP contribution in [0.4, 0.5) is 5.69 Å². The molecular weight excluding hydrogens is 436 g/mol. The van der Waals surface area contributed by atoms with E-state index in [1.165, 1.54) is 18.2 Å². The van der Waals surface area contributed by atoms with Gasteiger partial charge in [-0.3, -0.25) is 9.78 Å². The van der Waals surface area contributed by atoms with Gasteiger partial charge in [-0.05, 0) is 80.1 Å². The van der Waals surface area contributed by atoms with Gasteiger partial charge in [0.05, 0.1) is 21.2 Å². The highest BCUT2D eigenvalue weighted by Gasteiger charge is 2.19. The molecule has 2 aromatic heterocycles. The fourth-order valence-electron chi connectivity index (χ4n) is 3.36. The van der Waals surface area contributed by atoms with E-state index in [0.717, 1.165) is 17.0 Å². The van der Waals surface area contributed by atoms with Crippen LogP contribution in [0, 0.1) is 13.8 Å². The zero-order valence-electron chi connectivity index (χ0n) is 18.1. The summed E-state index contributed by atoms with van der Waals surface area (Å²) in [6.45, 7) is 3.80. The number of rotatable bonds is 6. The van der Waals surface area contributed by atoms with Crippen molar-refractivity contribution in [1.29, 1.82) is 0 Å². The van der Waals surface area contributed by atoms with E-state index in [9.17, 15) is 13.2 Å². The summed E-state index contributed by atoms with van der Waals surface area (Å²) in [6.07, 6.45) is 6.35. The minimum Gasteiger partial charge on any atom is -0.323 e. The lowest BCUT2D eigenvalue weighted by Crippen LogP contribution is -2.08. The number of aryl methyl sites for hydroxylation is 2. The molecule has 2 heterocycles. The Morgan fingerprint density at radius 3 is 2.42 bits per heavy atom. The first-order chi connectivity index (χ1) is 15.8. The van der Waals surface area contributed by atoms with Crippen LogP contribution in [-0.4, -0.2) is 29.1 Å². The van der Waals surface area contributed by atoms with Gasteiger partial charge >= 0.3 is 0 Å². The number of hydrogen-bond acceptors (Lipinski definition) is 5. The van der Waals surface area contributed by atoms with Crippen LogP contribution < -0.4 is 5.32 Å². The van der Waals surface area contributed by atoms with Crippen molar-refractivity contribution in [3.63, 3.8) is 0 Å². The summed E-state index contributed by atoms with van der Waals surface area (Å²) < 4.78 is 28.0. The molecular formula is C25H22N4O3S. The zero-order chi connectivity index (χ0) is 23.4. The third-order valence-corrected chi connectivity index (χ3v) is 6.69. The Morgan fingerprint density at radius 1 is 0.970 bits per heavy atom. The fraction of sp³-hybridized carbons (Fsp3) is 0.0800. The number of nitrogens with zero attached hydrogens (tertiary/aromatic N) is 3. The maximum Gasteiger partial charge on any atom is 0.248 e. The molecule has 0 saturated carbocycles. The molecule has 0 atom stereocenters. The summed E-state index contributed by atoms with van der Waals surface area (Å²) in [4.78, 5) is 16.4. The number of anilines is 1. The van der Waals surface area contributed by atoms with E-state index >= 15 is 0 Å². The van der Waals surface area contributed by atoms with Gasteiger partial charge in [-0.1, -0.05) is 12.1 Å². The maximum atomic E-state index is 13.2. The Hall–Kier alpha value is -4.04. The van der Waals surface area contributed by atoms with E-state index in [2.05, 4.69) is 15.4 Å². The lowest BCUT2D eigenvalue weighted by Gasteiger charge is -2.09. The van der Waals surface area contributed by atoms with Crippen molar-refractivity contribution in [1.82, 2.24) is 14.8 Å². The number of sulfone groups is 1. The molecule has 2 aromatic carbocycles. The number of benzene rings is 2. The van der Waals surface area contributed by atoms with Gasteiger partial charge < -0.3 is 5.32 Å². The van der Waals surface area contributed by atoms with E-state index < -0.39 is 9.84 Å². The second-order valence-electron chi connectivity index (χ2n) is 7.47. The van der Waals surface area contributed by atoms with Gasteiger partial charge in [-0.2, -0.15) is 5.10 Å². The first-order valence-corrected chi connectivity index (χ1v) is 11.7. The Morgan fingerprint density at radius 2 is 1.76 bits per heavy atom. The second kappa shape index (κ2) is 9.22. The van der Waals surface area contributed by atoms with E-state index in [1.807, 2.05) is 32.0 Å². The van der Waals surface area contributed by atoms with Crippen LogP contribution in [0.3, 0.4) is 0 Å². The maximum absolute atomic E-state index is 13.2. The van der Waals surface area contributed by atoms with Gasteiger partial charge in [0.25, 0.3) is 0 Å². The first kappa shape index (κ1) is 22.2. The Kier molecular flexibility index (Phi) is 6.19. The number of aromatic nitrogens is 3. The molecule has 0 aliphatic rings. The minimum absolute atomic E-state index is 0.136. The van der Waals surface area contributed by atoms with Gasteiger partial charge in [0.2, 0.25) is 15.7 Å². The molecule has 0 radical (unpaired) electrons. The van der Waals surface area contributed by atoms with Crippen molar-refractivity contribution < 1.29 is 13.2 Å². The predicted octanol–water partition coefficient (Wildman–Crippen LogP) is 4.37. The number of hydrogen-bond donors (Lipinski definition) is 1. The van der Waals surface area contributed by atoms with Crippen molar-refractivity contribution >= 4 is 27.5 Å². The van der Waals surface area contributed by atoms with Crippen LogP contribution in [0.15, 0.2) is 95.0 Å². The molecule has 166 valence electrons. The molecule has 33 heavy (non-hydrogen) atoms. The summed E-state index contributed by atoms with van der Waals surface area (Å²) in [7, 11) is -3.74. The summed E-state index contributed by atoms with van der Waals surface area (Å²) >= 11 is 0. The molecule has 7 nitrogen and oxygen atoms in total. The number of carbonyl (C=O) groups excluding carboxylic acids is 1. The Bertz CT molecular complexity index is 1420. The molecule has 0 aliphatic carbocycles. The largest absolute Gasteiger partial charge is 0.323 e. The lowest BCUT2D eigenvalue weighted by molar-refractivity contribution is -0.111. The molecule has 4 rings (SSSR count). The fourth-order valence-corrected chi connectivity index (χ4v) is 4.66. The summed E-state index contributed by atoms with van der Waals surface area (Å²) in [5.74, 6) is -0.327. The van der Waals surface area contributed by atoms with Crippen LogP contribution in [-0.2, 0) is 14.6 Å². The van der Waals surface area contributed by atoms with E-state index in [0.29, 0.717) is 11.4 Å². The molecule has 0 unspecified atom stereocenters. The van der Waals surface area contributed by atoms with Crippen molar-refractivity contribution in [3.8, 4) is 5.69 Å². The smallest absolute Gasteiger partial charge is 0.248 e. The highest BCUT2D eigenvalue weighted by atomic mass is 32.2. The molecule has 0 saturated heterocycles. The molecule has 0 fully saturated rings. The van der Waals surface area contributed by atoms with Crippen LogP contribution in [0.5, 0.6) is 0 Å². The topological polar surface area (TPSA) is 94.0 Å². The highest BCUT2D eigenvalue weighted by Crippen LogP contribution is 2.24. The summed E-state index contributed by atoms with van der Waals surface area (Å²) in [6, 6.07) is 18.3. The minimum atomic E-state index is -3.74.